The van der Waals surface area contributed by atoms with Crippen LogP contribution in [0.2, 0.25) is 0 Å². The Morgan fingerprint density at radius 3 is 1.54 bits per heavy atom. The summed E-state index contributed by atoms with van der Waals surface area (Å²) in [5, 5.41) is 0. The van der Waals surface area contributed by atoms with Crippen molar-refractivity contribution in [2.24, 2.45) is 0 Å². The van der Waals surface area contributed by atoms with Gasteiger partial charge in [-0.05, 0) is 107 Å². The first kappa shape index (κ1) is 45.0. The molecule has 1 N–H and O–H groups in total. The van der Waals surface area contributed by atoms with Gasteiger partial charge in [0.05, 0.1) is 5.56 Å². The van der Waals surface area contributed by atoms with E-state index in [-0.39, 0.29) is 21.1 Å². The number of carbonyl (C=O) groups excluding carboxylic acids is 2. The van der Waals surface area contributed by atoms with Crippen molar-refractivity contribution < 1.29 is 76.3 Å². The maximum atomic E-state index is 14.9. The first-order chi connectivity index (χ1) is 25.9. The fourth-order valence-electron chi connectivity index (χ4n) is 5.31. The molecule has 57 heavy (non-hydrogen) atoms. The summed E-state index contributed by atoms with van der Waals surface area (Å²) >= 11 is 0. The van der Waals surface area contributed by atoms with E-state index in [0.29, 0.717) is 5.56 Å². The molecule has 0 amide bonds. The lowest BCUT2D eigenvalue weighted by molar-refractivity contribution is -0.179. The van der Waals surface area contributed by atoms with Crippen molar-refractivity contribution in [2.75, 3.05) is 0 Å². The van der Waals surface area contributed by atoms with Gasteiger partial charge >= 0.3 is 30.5 Å². The molecule has 8 nitrogen and oxygen atoms in total. The van der Waals surface area contributed by atoms with E-state index in [1.807, 2.05) is 0 Å². The van der Waals surface area contributed by atoms with Gasteiger partial charge < -0.3 is 14.2 Å². The lowest BCUT2D eigenvalue weighted by atomic mass is 10.0. The van der Waals surface area contributed by atoms with Crippen LogP contribution in [-0.4, -0.2) is 42.2 Å². The van der Waals surface area contributed by atoms with Gasteiger partial charge in [0.1, 0.15) is 43.9 Å². The molecular weight excluding hydrogens is 820 g/mol. The monoisotopic (exact) mass is 853 g/mol. The highest BCUT2D eigenvalue weighted by Gasteiger charge is 2.56. The van der Waals surface area contributed by atoms with E-state index in [0.717, 1.165) is 24.3 Å². The number of hydrogen-bond acceptors (Lipinski definition) is 7. The molecule has 308 valence electrons. The van der Waals surface area contributed by atoms with Crippen LogP contribution < -0.4 is 4.74 Å². The number of rotatable bonds is 9. The predicted molar refractivity (Wildman–Crippen MR) is 188 cm³/mol. The molecule has 4 aromatic rings. The highest BCUT2D eigenvalue weighted by Crippen LogP contribution is 2.52. The minimum Gasteiger partial charge on any atom is -0.467 e. The van der Waals surface area contributed by atoms with Crippen LogP contribution >= 0.6 is 0 Å². The molecule has 0 aromatic heterocycles. The van der Waals surface area contributed by atoms with Crippen molar-refractivity contribution >= 4 is 33.0 Å². The van der Waals surface area contributed by atoms with Crippen molar-refractivity contribution in [3.63, 3.8) is 0 Å². The zero-order chi connectivity index (χ0) is 43.1. The molecule has 19 heteroatoms. The largest absolute Gasteiger partial charge is 0.467 e. The summed E-state index contributed by atoms with van der Waals surface area (Å²) in [5.74, 6) is -2.21. The zero-order valence-corrected chi connectivity index (χ0v) is 32.3. The molecule has 0 bridgehead atoms. The molecule has 0 radical (unpaired) electrons. The summed E-state index contributed by atoms with van der Waals surface area (Å²) in [6.07, 6.45) is -20.1. The molecule has 0 saturated heterocycles. The summed E-state index contributed by atoms with van der Waals surface area (Å²) in [5.41, 5.74) is -9.64. The lowest BCUT2D eigenvalue weighted by Gasteiger charge is -2.26. The SMILES string of the molecule is CC(C)(C)OC(=O)C(Oc1cccc(-c2ccc([S+](c3ccccc3)c3c(C(F)(F)F)cc(C(F)(F)F)c(S(=O)(=O)O)c3C(F)(F)F)cc2)c1)C(=O)OC(C)(C)C. The van der Waals surface area contributed by atoms with Gasteiger partial charge in [0, 0.05) is 0 Å². The van der Waals surface area contributed by atoms with Crippen LogP contribution in [-0.2, 0) is 58.6 Å². The summed E-state index contributed by atoms with van der Waals surface area (Å²) in [7, 11) is -9.10. The Kier molecular flexibility index (Phi) is 12.5. The smallest absolute Gasteiger partial charge is 0.422 e. The van der Waals surface area contributed by atoms with E-state index < -0.39 is 101 Å². The Morgan fingerprint density at radius 2 is 1.11 bits per heavy atom. The van der Waals surface area contributed by atoms with Gasteiger partial charge in [0.15, 0.2) is 14.7 Å². The Morgan fingerprint density at radius 1 is 0.614 bits per heavy atom. The Bertz CT molecular complexity index is 2190. The number of ether oxygens (including phenoxy) is 3. The maximum Gasteiger partial charge on any atom is 0.422 e. The van der Waals surface area contributed by atoms with Crippen molar-refractivity contribution in [1.82, 2.24) is 0 Å². The molecule has 0 saturated carbocycles. The van der Waals surface area contributed by atoms with Crippen molar-refractivity contribution in [3.8, 4) is 16.9 Å². The Balaban J connectivity index is 1.93. The van der Waals surface area contributed by atoms with Gasteiger partial charge in [-0.25, -0.2) is 9.59 Å². The molecule has 0 aliphatic heterocycles. The quantitative estimate of drug-likeness (QED) is 0.0582. The van der Waals surface area contributed by atoms with Crippen LogP contribution in [0.25, 0.3) is 11.1 Å². The van der Waals surface area contributed by atoms with E-state index in [9.17, 15) is 62.1 Å². The van der Waals surface area contributed by atoms with E-state index >= 15 is 0 Å². The molecule has 0 spiro atoms. The van der Waals surface area contributed by atoms with E-state index in [2.05, 4.69) is 0 Å². The standard InChI is InChI=1S/C38H33F9O8S2/c1-34(2,3)54-32(48)29(33(49)55-35(4,5)6)53-23-12-10-11-22(19-23)21-15-17-25(18-16-21)56(24-13-8-7-9-14-24)30-26(36(39,40)41)20-27(37(42,43)44)31(57(50,51)52)28(30)38(45,46)47/h7-20,29H,1-6H3/p+1. The number of carbonyl (C=O) groups is 2. The van der Waals surface area contributed by atoms with Crippen molar-refractivity contribution in [1.29, 1.82) is 0 Å². The topological polar surface area (TPSA) is 116 Å². The minimum absolute atomic E-state index is 0.0607. The van der Waals surface area contributed by atoms with E-state index in [1.165, 1.54) is 54.6 Å². The second-order valence-corrected chi connectivity index (χ2v) is 17.5. The normalized spacial score (nSPS) is 13.6. The van der Waals surface area contributed by atoms with E-state index in [1.54, 1.807) is 41.5 Å². The molecular formula is C38H34F9O8S2+. The predicted octanol–water partition coefficient (Wildman–Crippen LogP) is 10.2. The third-order valence-electron chi connectivity index (χ3n) is 7.32. The average Bonchev–Trinajstić information content (AvgIpc) is 3.04. The zero-order valence-electron chi connectivity index (χ0n) is 30.7. The molecule has 0 heterocycles. The number of benzene rings is 4. The fraction of sp³-hybridized carbons (Fsp3) is 0.316. The molecule has 0 aliphatic rings. The number of esters is 2. The molecule has 0 aliphatic carbocycles. The second-order valence-electron chi connectivity index (χ2n) is 14.2. The number of halogens is 9. The van der Waals surface area contributed by atoms with Crippen LogP contribution in [0.5, 0.6) is 5.75 Å². The highest BCUT2D eigenvalue weighted by molar-refractivity contribution is 7.97. The Labute approximate surface area is 324 Å². The van der Waals surface area contributed by atoms with E-state index in [4.69, 9.17) is 14.2 Å². The summed E-state index contributed by atoms with van der Waals surface area (Å²) in [6.45, 7) is 9.35. The fourth-order valence-corrected chi connectivity index (χ4v) is 8.70. The van der Waals surface area contributed by atoms with Gasteiger partial charge in [0.25, 0.3) is 16.2 Å². The summed E-state index contributed by atoms with van der Waals surface area (Å²) in [6, 6.07) is 15.7. The average molecular weight is 854 g/mol. The first-order valence-corrected chi connectivity index (χ1v) is 19.1. The number of alkyl halides is 9. The summed E-state index contributed by atoms with van der Waals surface area (Å²) in [4.78, 5) is 20.7. The first-order valence-electron chi connectivity index (χ1n) is 16.4. The summed E-state index contributed by atoms with van der Waals surface area (Å²) < 4.78 is 181. The van der Waals surface area contributed by atoms with Crippen molar-refractivity contribution in [3.05, 3.63) is 102 Å². The van der Waals surface area contributed by atoms with Crippen LogP contribution in [0.3, 0.4) is 0 Å². The number of hydrogen-bond donors (Lipinski definition) is 1. The molecule has 0 fully saturated rings. The van der Waals surface area contributed by atoms with Crippen LogP contribution in [0.4, 0.5) is 39.5 Å². The minimum atomic E-state index is -6.47. The van der Waals surface area contributed by atoms with Crippen LogP contribution in [0.15, 0.2) is 105 Å². The lowest BCUT2D eigenvalue weighted by Crippen LogP contribution is -2.44. The molecule has 4 aromatic carbocycles. The maximum absolute atomic E-state index is 14.9. The van der Waals surface area contributed by atoms with Gasteiger partial charge in [-0.3, -0.25) is 4.55 Å². The van der Waals surface area contributed by atoms with Gasteiger partial charge in [0.2, 0.25) is 0 Å². The third-order valence-corrected chi connectivity index (χ3v) is 10.6. The van der Waals surface area contributed by atoms with Crippen LogP contribution in [0, 0.1) is 0 Å². The van der Waals surface area contributed by atoms with Crippen molar-refractivity contribution in [2.45, 2.75) is 97.0 Å². The molecule has 4 rings (SSSR count). The highest BCUT2D eigenvalue weighted by atomic mass is 32.2. The molecule has 1 unspecified atom stereocenters. The van der Waals surface area contributed by atoms with Crippen LogP contribution in [0.1, 0.15) is 58.2 Å². The van der Waals surface area contributed by atoms with Gasteiger partial charge in [-0.15, -0.1) is 0 Å². The van der Waals surface area contributed by atoms with Gasteiger partial charge in [-0.1, -0.05) is 30.3 Å². The molecule has 1 atom stereocenters. The second kappa shape index (κ2) is 15.9. The Hall–Kier alpha value is -4.75. The van der Waals surface area contributed by atoms with Gasteiger partial charge in [-0.2, -0.15) is 47.9 Å². The third kappa shape index (κ3) is 11.2.